The molecule has 102 valence electrons. The first-order valence-electron chi connectivity index (χ1n) is 7.28. The highest BCUT2D eigenvalue weighted by Crippen LogP contribution is 2.49. The van der Waals surface area contributed by atoms with Gasteiger partial charge in [0, 0.05) is 19.1 Å². The molecule has 1 aliphatic carbocycles. The molecule has 3 rings (SSSR count). The highest BCUT2D eigenvalue weighted by Gasteiger charge is 2.53. The second-order valence-electron chi connectivity index (χ2n) is 5.80. The third kappa shape index (κ3) is 2.27. The highest BCUT2D eigenvalue weighted by molar-refractivity contribution is 5.91. The zero-order chi connectivity index (χ0) is 13.3. The molecular weight excluding hydrogens is 236 g/mol. The third-order valence-corrected chi connectivity index (χ3v) is 4.68. The molecule has 0 aromatic heterocycles. The largest absolute Gasteiger partial charge is 0.342 e. The van der Waals surface area contributed by atoms with E-state index in [-0.39, 0.29) is 5.41 Å². The Hall–Kier alpha value is -1.35. The average Bonchev–Trinajstić information content (AvgIpc) is 3.29. The van der Waals surface area contributed by atoms with Gasteiger partial charge in [-0.25, -0.2) is 0 Å². The van der Waals surface area contributed by atoms with Gasteiger partial charge >= 0.3 is 0 Å². The Bertz CT molecular complexity index is 445. The van der Waals surface area contributed by atoms with E-state index in [0.29, 0.717) is 11.9 Å². The van der Waals surface area contributed by atoms with Crippen molar-refractivity contribution in [2.24, 2.45) is 0 Å². The first-order valence-corrected chi connectivity index (χ1v) is 7.28. The fourth-order valence-corrected chi connectivity index (χ4v) is 3.18. The van der Waals surface area contributed by atoms with Gasteiger partial charge in [-0.2, -0.15) is 0 Å². The van der Waals surface area contributed by atoms with Crippen molar-refractivity contribution in [3.05, 3.63) is 35.9 Å². The Morgan fingerprint density at radius 3 is 2.37 bits per heavy atom. The van der Waals surface area contributed by atoms with Gasteiger partial charge in [-0.15, -0.1) is 0 Å². The Morgan fingerprint density at radius 2 is 1.84 bits per heavy atom. The van der Waals surface area contributed by atoms with E-state index >= 15 is 0 Å². The van der Waals surface area contributed by atoms with Crippen molar-refractivity contribution >= 4 is 5.91 Å². The van der Waals surface area contributed by atoms with Crippen LogP contribution in [-0.2, 0) is 10.2 Å². The minimum atomic E-state index is -0.187. The molecule has 3 heteroatoms. The maximum atomic E-state index is 12.8. The Labute approximate surface area is 115 Å². The van der Waals surface area contributed by atoms with Crippen LogP contribution in [0.4, 0.5) is 0 Å². The number of likely N-dealkylation sites (tertiary alicyclic amines) is 1. The van der Waals surface area contributed by atoms with Gasteiger partial charge in [0.05, 0.1) is 5.41 Å². The van der Waals surface area contributed by atoms with Crippen molar-refractivity contribution < 1.29 is 4.79 Å². The summed E-state index contributed by atoms with van der Waals surface area (Å²) in [6.07, 6.45) is 4.18. The SMILES string of the molecule is CNC1CCN(C(=O)C2(c3ccccc3)CC2)CC1. The molecule has 1 aromatic rings. The zero-order valence-electron chi connectivity index (χ0n) is 11.6. The molecular formula is C16H22N2O. The van der Waals surface area contributed by atoms with Gasteiger partial charge in [-0.05, 0) is 38.3 Å². The van der Waals surface area contributed by atoms with Crippen LogP contribution in [0, 0.1) is 0 Å². The quantitative estimate of drug-likeness (QED) is 0.898. The number of carbonyl (C=O) groups excluding carboxylic acids is 1. The molecule has 0 radical (unpaired) electrons. The van der Waals surface area contributed by atoms with Crippen LogP contribution in [0.15, 0.2) is 30.3 Å². The number of hydrogen-bond acceptors (Lipinski definition) is 2. The lowest BCUT2D eigenvalue weighted by molar-refractivity contribution is -0.135. The average molecular weight is 258 g/mol. The number of nitrogens with zero attached hydrogens (tertiary/aromatic N) is 1. The summed E-state index contributed by atoms with van der Waals surface area (Å²) in [6, 6.07) is 10.9. The van der Waals surface area contributed by atoms with E-state index in [1.54, 1.807) is 0 Å². The molecule has 0 atom stereocenters. The van der Waals surface area contributed by atoms with Crippen LogP contribution in [0.3, 0.4) is 0 Å². The maximum absolute atomic E-state index is 12.8. The van der Waals surface area contributed by atoms with Crippen molar-refractivity contribution in [3.63, 3.8) is 0 Å². The van der Waals surface area contributed by atoms with E-state index in [9.17, 15) is 4.79 Å². The maximum Gasteiger partial charge on any atom is 0.233 e. The fourth-order valence-electron chi connectivity index (χ4n) is 3.18. The van der Waals surface area contributed by atoms with E-state index in [1.165, 1.54) is 5.56 Å². The van der Waals surface area contributed by atoms with Crippen molar-refractivity contribution in [1.82, 2.24) is 10.2 Å². The lowest BCUT2D eigenvalue weighted by atomic mass is 9.93. The van der Waals surface area contributed by atoms with E-state index in [0.717, 1.165) is 38.8 Å². The molecule has 19 heavy (non-hydrogen) atoms. The molecule has 2 fully saturated rings. The van der Waals surface area contributed by atoms with Crippen molar-refractivity contribution in [1.29, 1.82) is 0 Å². The lowest BCUT2D eigenvalue weighted by Gasteiger charge is -2.34. The normalized spacial score (nSPS) is 22.3. The molecule has 1 aliphatic heterocycles. The van der Waals surface area contributed by atoms with Crippen LogP contribution in [0.25, 0.3) is 0 Å². The summed E-state index contributed by atoms with van der Waals surface area (Å²) < 4.78 is 0. The Balaban J connectivity index is 1.71. The van der Waals surface area contributed by atoms with Gasteiger partial charge in [-0.1, -0.05) is 30.3 Å². The lowest BCUT2D eigenvalue weighted by Crippen LogP contribution is -2.47. The predicted molar refractivity (Wildman–Crippen MR) is 76.0 cm³/mol. The molecule has 1 saturated carbocycles. The van der Waals surface area contributed by atoms with Gasteiger partial charge in [0.2, 0.25) is 5.91 Å². The van der Waals surface area contributed by atoms with Crippen LogP contribution in [0.1, 0.15) is 31.2 Å². The number of hydrogen-bond donors (Lipinski definition) is 1. The second kappa shape index (κ2) is 4.97. The zero-order valence-corrected chi connectivity index (χ0v) is 11.6. The van der Waals surface area contributed by atoms with Gasteiger partial charge in [0.15, 0.2) is 0 Å². The summed E-state index contributed by atoms with van der Waals surface area (Å²) in [5.74, 6) is 0.355. The second-order valence-corrected chi connectivity index (χ2v) is 5.80. The number of benzene rings is 1. The van der Waals surface area contributed by atoms with Crippen LogP contribution in [-0.4, -0.2) is 37.0 Å². The summed E-state index contributed by atoms with van der Waals surface area (Å²) in [7, 11) is 2.01. The van der Waals surface area contributed by atoms with Crippen molar-refractivity contribution in [3.8, 4) is 0 Å². The Kier molecular flexibility index (Phi) is 3.31. The number of piperidine rings is 1. The van der Waals surface area contributed by atoms with Crippen LogP contribution >= 0.6 is 0 Å². The van der Waals surface area contributed by atoms with E-state index < -0.39 is 0 Å². The van der Waals surface area contributed by atoms with Crippen LogP contribution in [0.5, 0.6) is 0 Å². The monoisotopic (exact) mass is 258 g/mol. The number of nitrogens with one attached hydrogen (secondary N) is 1. The fraction of sp³-hybridized carbons (Fsp3) is 0.562. The third-order valence-electron chi connectivity index (χ3n) is 4.68. The minimum absolute atomic E-state index is 0.187. The number of rotatable bonds is 3. The minimum Gasteiger partial charge on any atom is -0.342 e. The van der Waals surface area contributed by atoms with Gasteiger partial charge in [-0.3, -0.25) is 4.79 Å². The molecule has 1 aromatic carbocycles. The van der Waals surface area contributed by atoms with E-state index in [1.807, 2.05) is 25.2 Å². The first kappa shape index (κ1) is 12.7. The Morgan fingerprint density at radius 1 is 1.21 bits per heavy atom. The van der Waals surface area contributed by atoms with Crippen LogP contribution in [0.2, 0.25) is 0 Å². The summed E-state index contributed by atoms with van der Waals surface area (Å²) >= 11 is 0. The molecule has 0 spiro atoms. The van der Waals surface area contributed by atoms with Crippen LogP contribution < -0.4 is 5.32 Å². The van der Waals surface area contributed by atoms with Crippen molar-refractivity contribution in [2.75, 3.05) is 20.1 Å². The molecule has 1 heterocycles. The van der Waals surface area contributed by atoms with E-state index in [4.69, 9.17) is 0 Å². The highest BCUT2D eigenvalue weighted by atomic mass is 16.2. The number of amides is 1. The summed E-state index contributed by atoms with van der Waals surface area (Å²) in [5, 5.41) is 3.31. The van der Waals surface area contributed by atoms with Crippen molar-refractivity contribution in [2.45, 2.75) is 37.1 Å². The van der Waals surface area contributed by atoms with Gasteiger partial charge < -0.3 is 10.2 Å². The van der Waals surface area contributed by atoms with Gasteiger partial charge in [0.25, 0.3) is 0 Å². The standard InChI is InChI=1S/C16H22N2O/c1-17-14-7-11-18(12-8-14)15(19)16(9-10-16)13-5-3-2-4-6-13/h2-6,14,17H,7-12H2,1H3. The molecule has 3 nitrogen and oxygen atoms in total. The molecule has 0 unspecified atom stereocenters. The molecule has 1 amide bonds. The molecule has 1 N–H and O–H groups in total. The molecule has 1 saturated heterocycles. The predicted octanol–water partition coefficient (Wildman–Crippen LogP) is 1.93. The summed E-state index contributed by atoms with van der Waals surface area (Å²) in [4.78, 5) is 14.9. The summed E-state index contributed by atoms with van der Waals surface area (Å²) in [5.41, 5.74) is 1.02. The van der Waals surface area contributed by atoms with E-state index in [2.05, 4.69) is 22.3 Å². The number of carbonyl (C=O) groups is 1. The first-order chi connectivity index (χ1) is 9.26. The molecule has 2 aliphatic rings. The topological polar surface area (TPSA) is 32.3 Å². The van der Waals surface area contributed by atoms with Gasteiger partial charge in [0.1, 0.15) is 0 Å². The summed E-state index contributed by atoms with van der Waals surface area (Å²) in [6.45, 7) is 1.80. The smallest absolute Gasteiger partial charge is 0.233 e. The molecule has 0 bridgehead atoms.